The Labute approximate surface area is 118 Å². The van der Waals surface area contributed by atoms with Gasteiger partial charge in [0.15, 0.2) is 0 Å². The summed E-state index contributed by atoms with van der Waals surface area (Å²) in [5.41, 5.74) is -0.157. The van der Waals surface area contributed by atoms with Crippen LogP contribution in [0.1, 0.15) is 16.8 Å². The van der Waals surface area contributed by atoms with Crippen molar-refractivity contribution in [2.75, 3.05) is 6.61 Å². The van der Waals surface area contributed by atoms with E-state index >= 15 is 0 Å². The molecule has 0 bridgehead atoms. The van der Waals surface area contributed by atoms with E-state index in [9.17, 15) is 26.6 Å². The number of phenols is 1. The Hall–Kier alpha value is -1.68. The van der Waals surface area contributed by atoms with Gasteiger partial charge >= 0.3 is 17.1 Å². The third-order valence-electron chi connectivity index (χ3n) is 2.38. The number of ether oxygens (including phenoxy) is 1. The van der Waals surface area contributed by atoms with Crippen LogP contribution in [-0.2, 0) is 15.8 Å². The number of benzene rings is 1. The van der Waals surface area contributed by atoms with E-state index in [0.29, 0.717) is 0 Å². The van der Waals surface area contributed by atoms with E-state index in [1.165, 1.54) is 18.2 Å². The SMILES string of the molecule is O=C(OCCC(F)(F)C(F)(F)S(=O)O)c1cccc(O)c1. The van der Waals surface area contributed by atoms with E-state index in [4.69, 9.17) is 9.66 Å². The molecule has 0 saturated heterocycles. The Morgan fingerprint density at radius 3 is 2.43 bits per heavy atom. The molecular weight excluding hydrogens is 320 g/mol. The molecule has 0 radical (unpaired) electrons. The highest BCUT2D eigenvalue weighted by atomic mass is 32.2. The number of alkyl halides is 4. The maximum absolute atomic E-state index is 13.0. The van der Waals surface area contributed by atoms with Gasteiger partial charge in [-0.3, -0.25) is 0 Å². The van der Waals surface area contributed by atoms with Gasteiger partial charge in [0.25, 0.3) is 0 Å². The molecule has 0 saturated carbocycles. The summed E-state index contributed by atoms with van der Waals surface area (Å²) in [6.45, 7) is -1.09. The minimum Gasteiger partial charge on any atom is -0.508 e. The van der Waals surface area contributed by atoms with Crippen LogP contribution in [0.2, 0.25) is 0 Å². The summed E-state index contributed by atoms with van der Waals surface area (Å²) in [6.07, 6.45) is -1.63. The quantitative estimate of drug-likeness (QED) is 0.475. The van der Waals surface area contributed by atoms with Crippen molar-refractivity contribution >= 4 is 17.0 Å². The van der Waals surface area contributed by atoms with Gasteiger partial charge in [0.1, 0.15) is 5.75 Å². The molecule has 1 rings (SSSR count). The molecule has 2 N–H and O–H groups in total. The lowest BCUT2D eigenvalue weighted by molar-refractivity contribution is -0.165. The predicted molar refractivity (Wildman–Crippen MR) is 63.7 cm³/mol. The summed E-state index contributed by atoms with van der Waals surface area (Å²) < 4.78 is 74.2. The maximum atomic E-state index is 13.0. The Bertz CT molecular complexity index is 549. The lowest BCUT2D eigenvalue weighted by Gasteiger charge is -2.23. The number of hydrogen-bond acceptors (Lipinski definition) is 4. The van der Waals surface area contributed by atoms with Gasteiger partial charge in [0.2, 0.25) is 11.1 Å². The molecule has 0 aliphatic carbocycles. The van der Waals surface area contributed by atoms with Gasteiger partial charge in [-0.2, -0.15) is 17.6 Å². The molecule has 0 aliphatic heterocycles. The number of carbonyl (C=O) groups is 1. The average molecular weight is 330 g/mol. The Morgan fingerprint density at radius 2 is 1.90 bits per heavy atom. The summed E-state index contributed by atoms with van der Waals surface area (Å²) in [7, 11) is 0. The van der Waals surface area contributed by atoms with E-state index in [1.54, 1.807) is 0 Å². The number of hydrogen-bond donors (Lipinski definition) is 2. The molecule has 21 heavy (non-hydrogen) atoms. The summed E-state index contributed by atoms with van der Waals surface area (Å²) in [4.78, 5) is 11.4. The van der Waals surface area contributed by atoms with Gasteiger partial charge in [-0.15, -0.1) is 0 Å². The van der Waals surface area contributed by atoms with E-state index in [-0.39, 0.29) is 11.3 Å². The first kappa shape index (κ1) is 17.4. The van der Waals surface area contributed by atoms with Crippen molar-refractivity contribution < 1.29 is 41.0 Å². The smallest absolute Gasteiger partial charge is 0.406 e. The maximum Gasteiger partial charge on any atom is 0.406 e. The van der Waals surface area contributed by atoms with Crippen molar-refractivity contribution in [1.29, 1.82) is 0 Å². The van der Waals surface area contributed by atoms with Gasteiger partial charge in [0, 0.05) is 0 Å². The Kier molecular flexibility index (Phi) is 5.29. The van der Waals surface area contributed by atoms with Crippen molar-refractivity contribution in [3.05, 3.63) is 29.8 Å². The molecule has 118 valence electrons. The van der Waals surface area contributed by atoms with Crippen molar-refractivity contribution in [2.45, 2.75) is 17.6 Å². The van der Waals surface area contributed by atoms with Crippen LogP contribution in [0.15, 0.2) is 24.3 Å². The molecule has 5 nitrogen and oxygen atoms in total. The number of rotatable bonds is 6. The van der Waals surface area contributed by atoms with Crippen molar-refractivity contribution in [1.82, 2.24) is 0 Å². The lowest BCUT2D eigenvalue weighted by atomic mass is 10.2. The second-order valence-corrected chi connectivity index (χ2v) is 4.92. The molecule has 1 aromatic carbocycles. The van der Waals surface area contributed by atoms with Gasteiger partial charge in [-0.1, -0.05) is 6.07 Å². The number of carbonyl (C=O) groups excluding carboxylic acids is 1. The standard InChI is InChI=1S/C11H10F4O5S/c12-10(13,11(14,15)21(18)19)4-5-20-9(17)7-2-1-3-8(16)6-7/h1-3,6,16H,4-5H2,(H,18,19). The molecule has 10 heteroatoms. The molecule has 0 heterocycles. The molecule has 0 aliphatic rings. The van der Waals surface area contributed by atoms with Crippen LogP contribution in [0, 0.1) is 0 Å². The first-order chi connectivity index (χ1) is 9.58. The Balaban J connectivity index is 2.61. The number of aromatic hydroxyl groups is 1. The molecular formula is C11H10F4O5S. The Morgan fingerprint density at radius 1 is 1.29 bits per heavy atom. The van der Waals surface area contributed by atoms with E-state index < -0.39 is 41.3 Å². The lowest BCUT2D eigenvalue weighted by Crippen LogP contribution is -2.44. The predicted octanol–water partition coefficient (Wildman–Crippen LogP) is 2.39. The molecule has 0 amide bonds. The van der Waals surface area contributed by atoms with E-state index in [2.05, 4.69) is 4.74 Å². The monoisotopic (exact) mass is 330 g/mol. The largest absolute Gasteiger partial charge is 0.508 e. The average Bonchev–Trinajstić information content (AvgIpc) is 2.37. The highest BCUT2D eigenvalue weighted by Gasteiger charge is 2.60. The van der Waals surface area contributed by atoms with Crippen LogP contribution in [0.25, 0.3) is 0 Å². The van der Waals surface area contributed by atoms with Crippen molar-refractivity contribution in [3.63, 3.8) is 0 Å². The van der Waals surface area contributed by atoms with Gasteiger partial charge in [-0.25, -0.2) is 9.00 Å². The fourth-order valence-electron chi connectivity index (χ4n) is 1.26. The summed E-state index contributed by atoms with van der Waals surface area (Å²) in [5.74, 6) is -6.18. The zero-order valence-corrected chi connectivity index (χ0v) is 11.1. The van der Waals surface area contributed by atoms with Crippen LogP contribution in [0.3, 0.4) is 0 Å². The second kappa shape index (κ2) is 6.39. The zero-order chi connectivity index (χ0) is 16.3. The third kappa shape index (κ3) is 4.14. The summed E-state index contributed by atoms with van der Waals surface area (Å²) in [6, 6.07) is 4.76. The van der Waals surface area contributed by atoms with Crippen LogP contribution >= 0.6 is 0 Å². The first-order valence-electron chi connectivity index (χ1n) is 5.40. The summed E-state index contributed by atoms with van der Waals surface area (Å²) >= 11 is -4.06. The van der Waals surface area contributed by atoms with Gasteiger partial charge in [-0.05, 0) is 18.2 Å². The van der Waals surface area contributed by atoms with Crippen molar-refractivity contribution in [2.24, 2.45) is 0 Å². The molecule has 1 unspecified atom stereocenters. The molecule has 0 spiro atoms. The normalized spacial score (nSPS) is 13.8. The number of halogens is 4. The van der Waals surface area contributed by atoms with E-state index in [0.717, 1.165) is 6.07 Å². The van der Waals surface area contributed by atoms with Crippen LogP contribution in [0.5, 0.6) is 5.75 Å². The van der Waals surface area contributed by atoms with Crippen LogP contribution in [-0.4, -0.2) is 37.6 Å². The summed E-state index contributed by atoms with van der Waals surface area (Å²) in [5, 5.41) is 3.95. The number of esters is 1. The van der Waals surface area contributed by atoms with Crippen molar-refractivity contribution in [3.8, 4) is 5.75 Å². The number of phenolic OH excluding ortho intramolecular Hbond substituents is 1. The van der Waals surface area contributed by atoms with Gasteiger partial charge < -0.3 is 14.4 Å². The minimum atomic E-state index is -5.15. The second-order valence-electron chi connectivity index (χ2n) is 3.91. The highest BCUT2D eigenvalue weighted by Crippen LogP contribution is 2.38. The minimum absolute atomic E-state index is 0.157. The molecule has 1 aromatic rings. The van der Waals surface area contributed by atoms with Gasteiger partial charge in [0.05, 0.1) is 18.6 Å². The molecule has 0 fully saturated rings. The van der Waals surface area contributed by atoms with Crippen LogP contribution in [0.4, 0.5) is 17.6 Å². The highest BCUT2D eigenvalue weighted by molar-refractivity contribution is 7.80. The first-order valence-corrected chi connectivity index (χ1v) is 6.51. The fourth-order valence-corrected chi connectivity index (χ4v) is 1.62. The van der Waals surface area contributed by atoms with Crippen LogP contribution < -0.4 is 0 Å². The van der Waals surface area contributed by atoms with E-state index in [1.807, 2.05) is 0 Å². The molecule has 0 aromatic heterocycles. The topological polar surface area (TPSA) is 83.8 Å². The molecule has 1 atom stereocenters. The fraction of sp³-hybridized carbons (Fsp3) is 0.364. The zero-order valence-electron chi connectivity index (χ0n) is 10.3. The third-order valence-corrected chi connectivity index (χ3v) is 3.11.